The molecule has 0 saturated heterocycles. The standard InChI is InChI=1S/C24H26ClFN2O3.2C23H23ClFNO4.C21H21ClFNO4S.C20H20ClFN2O3S/c1-28(2)11-16-4-3-5-17(8-16)21(29)10-23-13-24(14-23,15-23)27-22(30)12-31-18-6-7-19(25)20(26)9-18;1-29-10-15-2-4-16(5-3-15)20(27)9-22-12-23(13-22,14-22)26-21(28)11-30-17-6-7-18(24)19(25)8-17;1-29-10-15-4-2-3-5-17(15)20(27)9-22-12-23(13-22,14-22)26-21(28)11-30-16-6-7-18(24)19(25)8-16;1-2-27-17-5-6-29-19(17)16(25)8-20-10-21(11-20,12-20)24-18(26)9-28-13-3-4-14(22)15(23)7-13;1-2-18-23-15(8-28-18)16(25)6-19-9-20(10-19,11-19)24-17(26)7-27-12-3-4-13(21)14(22)5-12/h3-9H,10-15H2,1-2H3,(H,27,30);2*2-8H,9-14H2,1H3,(H,26,28);3-7H,2,8-12H2,1H3,(H,24,26);3-5,8H,2,6-7,9-11H2,1H3,(H,24,26). The molecule has 15 fully saturated rings. The van der Waals surface area contributed by atoms with Crippen LogP contribution < -0.4 is 55.0 Å². The molecule has 37 heteroatoms. The molecular formula is C111H113Cl5F5N7O18S2. The summed E-state index contributed by atoms with van der Waals surface area (Å²) in [4.78, 5) is 131. The van der Waals surface area contributed by atoms with Gasteiger partial charge in [0.2, 0.25) is 0 Å². The number of nitrogens with zero attached hydrogens (tertiary/aromatic N) is 2. The molecule has 15 saturated carbocycles. The van der Waals surface area contributed by atoms with Gasteiger partial charge in [0.25, 0.3) is 29.5 Å². The van der Waals surface area contributed by atoms with E-state index in [4.69, 9.17) is 95.9 Å². The van der Waals surface area contributed by atoms with Crippen molar-refractivity contribution in [3.63, 3.8) is 0 Å². The summed E-state index contributed by atoms with van der Waals surface area (Å²) in [5.41, 5.74) is 4.61. The molecular weight excluding hydrogens is 2060 g/mol. The van der Waals surface area contributed by atoms with Crippen LogP contribution in [-0.4, -0.2) is 164 Å². The maximum Gasteiger partial charge on any atom is 0.258 e. The number of ketones is 5. The van der Waals surface area contributed by atoms with Gasteiger partial charge in [0.15, 0.2) is 62.0 Å². The van der Waals surface area contributed by atoms with Crippen LogP contribution in [0.25, 0.3) is 0 Å². The molecule has 5 N–H and O–H groups in total. The van der Waals surface area contributed by atoms with E-state index in [9.17, 15) is 69.9 Å². The number of hydrogen-bond donors (Lipinski definition) is 5. The zero-order chi connectivity index (χ0) is 106. The maximum atomic E-state index is 13.4. The van der Waals surface area contributed by atoms with Gasteiger partial charge in [0.1, 0.15) is 74.2 Å². The monoisotopic (exact) mass is 2170 g/mol. The van der Waals surface area contributed by atoms with Crippen LogP contribution in [0.5, 0.6) is 34.5 Å². The molecule has 10 bridgehead atoms. The maximum absolute atomic E-state index is 13.4. The van der Waals surface area contributed by atoms with Crippen molar-refractivity contribution >= 4 is 139 Å². The Balaban J connectivity index is 0.000000132. The van der Waals surface area contributed by atoms with Gasteiger partial charge in [0, 0.05) is 133 Å². The number of benzene rings is 8. The van der Waals surface area contributed by atoms with Crippen LogP contribution in [0, 0.1) is 56.2 Å². The number of hydrogen-bond acceptors (Lipinski definition) is 22. The lowest BCUT2D eigenvalue weighted by atomic mass is 9.38. The lowest BCUT2D eigenvalue weighted by Crippen LogP contribution is -2.75. The molecule has 0 spiro atoms. The molecule has 0 atom stereocenters. The predicted molar refractivity (Wildman–Crippen MR) is 550 cm³/mol. The van der Waals surface area contributed by atoms with Crippen LogP contribution >= 0.6 is 80.7 Å². The molecule has 2 aromatic heterocycles. The summed E-state index contributed by atoms with van der Waals surface area (Å²) >= 11 is 31.1. The van der Waals surface area contributed by atoms with E-state index in [-0.39, 0.29) is 200 Å². The molecule has 782 valence electrons. The number of aryl methyl sites for hydroxylation is 1. The molecule has 0 unspecified atom stereocenters. The predicted octanol–water partition coefficient (Wildman–Crippen LogP) is 21.7. The number of rotatable bonds is 44. The number of thiazole rings is 1. The van der Waals surface area contributed by atoms with E-state index in [2.05, 4.69) is 36.5 Å². The first-order chi connectivity index (χ1) is 70.5. The smallest absolute Gasteiger partial charge is 0.258 e. The van der Waals surface area contributed by atoms with Gasteiger partial charge >= 0.3 is 0 Å². The lowest BCUT2D eigenvalue weighted by molar-refractivity contribution is -0.165. The van der Waals surface area contributed by atoms with Gasteiger partial charge in [-0.3, -0.25) is 47.9 Å². The molecule has 148 heavy (non-hydrogen) atoms. The molecule has 0 radical (unpaired) electrons. The number of Topliss-reactive ketones (excluding diaryl/α,β-unsaturated/α-hetero) is 5. The number of nitrogens with one attached hydrogen (secondary N) is 5. The summed E-state index contributed by atoms with van der Waals surface area (Å²) in [5, 5.41) is 19.8. The summed E-state index contributed by atoms with van der Waals surface area (Å²) in [6.07, 6.45) is 15.3. The third kappa shape index (κ3) is 26.1. The van der Waals surface area contributed by atoms with Gasteiger partial charge in [-0.25, -0.2) is 26.9 Å². The van der Waals surface area contributed by atoms with Crippen molar-refractivity contribution in [2.45, 2.75) is 196 Å². The molecule has 15 aliphatic carbocycles. The van der Waals surface area contributed by atoms with Gasteiger partial charge < -0.3 is 69.4 Å². The fraction of sp³-hybridized carbons (Fsp3) is 0.414. The third-order valence-corrected chi connectivity index (χ3v) is 32.4. The fourth-order valence-corrected chi connectivity index (χ4v) is 25.7. The average molecular weight is 2170 g/mol. The number of halogens is 10. The Hall–Kier alpha value is -11.4. The first kappa shape index (κ1) is 109. The van der Waals surface area contributed by atoms with E-state index in [1.54, 1.807) is 14.2 Å². The Labute approximate surface area is 886 Å². The van der Waals surface area contributed by atoms with E-state index >= 15 is 0 Å². The topological polar surface area (TPSA) is 321 Å². The normalized spacial score (nSPS) is 24.1. The van der Waals surface area contributed by atoms with Gasteiger partial charge in [0.05, 0.1) is 49.9 Å². The highest BCUT2D eigenvalue weighted by molar-refractivity contribution is 7.12. The number of ether oxygens (including phenoxy) is 8. The minimum Gasteiger partial charge on any atom is -0.492 e. The van der Waals surface area contributed by atoms with Gasteiger partial charge in [-0.05, 0) is 246 Å². The average Bonchev–Trinajstić information content (AvgIpc) is 0.706. The third-order valence-electron chi connectivity index (χ3n) is 29.0. The summed E-state index contributed by atoms with van der Waals surface area (Å²) in [7, 11) is 7.26. The highest BCUT2D eigenvalue weighted by Crippen LogP contribution is 2.73. The van der Waals surface area contributed by atoms with E-state index in [1.807, 2.05) is 118 Å². The van der Waals surface area contributed by atoms with Crippen LogP contribution in [0.3, 0.4) is 0 Å². The number of methoxy groups -OCH3 is 2. The van der Waals surface area contributed by atoms with Gasteiger partial charge in [-0.15, -0.1) is 22.7 Å². The minimum atomic E-state index is -0.590. The van der Waals surface area contributed by atoms with Crippen LogP contribution in [-0.2, 0) is 59.6 Å². The van der Waals surface area contributed by atoms with Crippen molar-refractivity contribution in [3.8, 4) is 34.5 Å². The number of aromatic nitrogens is 1. The highest BCUT2D eigenvalue weighted by atomic mass is 35.5. The lowest BCUT2D eigenvalue weighted by Gasteiger charge is -2.70. The van der Waals surface area contributed by atoms with Crippen molar-refractivity contribution in [2.24, 2.45) is 27.1 Å². The summed E-state index contributed by atoms with van der Waals surface area (Å²) in [6, 6.07) is 45.0. The Morgan fingerprint density at radius 3 is 1.05 bits per heavy atom. The largest absolute Gasteiger partial charge is 0.492 e. The van der Waals surface area contributed by atoms with Crippen LogP contribution in [0.4, 0.5) is 22.0 Å². The summed E-state index contributed by atoms with van der Waals surface area (Å²) in [5.74, 6) is -1.65. The second-order valence-electron chi connectivity index (χ2n) is 41.8. The number of carbonyl (C=O) groups excluding carboxylic acids is 10. The zero-order valence-electron chi connectivity index (χ0n) is 82.4. The van der Waals surface area contributed by atoms with Crippen molar-refractivity contribution in [2.75, 3.05) is 68.0 Å². The summed E-state index contributed by atoms with van der Waals surface area (Å²) in [6.45, 7) is 5.22. The molecule has 0 aliphatic heterocycles. The molecule has 8 aromatic carbocycles. The van der Waals surface area contributed by atoms with E-state index in [0.29, 0.717) is 79.4 Å². The first-order valence-electron chi connectivity index (χ1n) is 48.6. The van der Waals surface area contributed by atoms with E-state index < -0.39 is 29.1 Å². The molecule has 2 heterocycles. The summed E-state index contributed by atoms with van der Waals surface area (Å²) < 4.78 is 110. The van der Waals surface area contributed by atoms with Gasteiger partial charge in [-0.1, -0.05) is 132 Å². The molecule has 15 aliphatic rings. The molecule has 5 amide bonds. The molecule has 25 nitrogen and oxygen atoms in total. The van der Waals surface area contributed by atoms with Crippen molar-refractivity contribution < 1.29 is 108 Å². The second-order valence-corrected chi connectivity index (χ2v) is 45.7. The Morgan fingerprint density at radius 2 is 0.709 bits per heavy atom. The van der Waals surface area contributed by atoms with E-state index in [1.165, 1.54) is 83.3 Å². The highest BCUT2D eigenvalue weighted by Gasteiger charge is 2.72. The van der Waals surface area contributed by atoms with Crippen molar-refractivity contribution in [1.82, 2.24) is 36.5 Å². The van der Waals surface area contributed by atoms with Crippen LogP contribution in [0.1, 0.15) is 215 Å². The molecule has 25 rings (SSSR count). The number of carbonyl (C=O) groups is 10. The number of amides is 5. The number of thiophene rings is 1. The quantitative estimate of drug-likeness (QED) is 0.0175. The SMILES string of the molecule is CCOc1ccsc1C(=O)CC12CC(NC(=O)COc3ccc(Cl)c(F)c3)(C1)C2.CCc1nc(C(=O)CC23CC(NC(=O)COc4ccc(Cl)c(F)c4)(C2)C3)cs1.CN(C)Cc1cccc(C(=O)CC23CC(NC(=O)COc4ccc(Cl)c(F)c4)(C2)C3)c1.COCc1ccc(C(=O)CC23CC(NC(=O)COc4ccc(Cl)c(F)c4)(C2)C3)cc1.COCc1ccccc1C(=O)CC12CC(NC(=O)COc3ccc(Cl)c(F)c3)(C1)C2. The Bertz CT molecular complexity index is 6630. The van der Waals surface area contributed by atoms with Crippen molar-refractivity contribution in [1.29, 1.82) is 0 Å². The van der Waals surface area contributed by atoms with Crippen LogP contribution in [0.15, 0.2) is 181 Å². The zero-order valence-corrected chi connectivity index (χ0v) is 87.8. The minimum absolute atomic E-state index is 0.000519. The Morgan fingerprint density at radius 1 is 0.365 bits per heavy atom. The van der Waals surface area contributed by atoms with Crippen molar-refractivity contribution in [3.05, 3.63) is 284 Å². The second kappa shape index (κ2) is 45.4. The van der Waals surface area contributed by atoms with Gasteiger partial charge in [-0.2, -0.15) is 0 Å². The Kier molecular flexibility index (Phi) is 33.5. The van der Waals surface area contributed by atoms with Crippen LogP contribution in [0.2, 0.25) is 25.1 Å². The first-order valence-corrected chi connectivity index (χ1v) is 52.3. The fourth-order valence-electron chi connectivity index (χ4n) is 23.6. The molecule has 10 aromatic rings. The van der Waals surface area contributed by atoms with E-state index in [0.717, 1.165) is 167 Å².